The van der Waals surface area contributed by atoms with Gasteiger partial charge in [-0.3, -0.25) is 9.59 Å². The molecule has 1 unspecified atom stereocenters. The summed E-state index contributed by atoms with van der Waals surface area (Å²) in [6.07, 6.45) is -0.964. The van der Waals surface area contributed by atoms with Gasteiger partial charge in [0.05, 0.1) is 0 Å². The smallest absolute Gasteiger partial charge is 0.304 e. The maximum absolute atomic E-state index is 11.7. The van der Waals surface area contributed by atoms with E-state index in [1.807, 2.05) is 18.2 Å². The van der Waals surface area contributed by atoms with Gasteiger partial charge in [0, 0.05) is 22.7 Å². The second-order valence-electron chi connectivity index (χ2n) is 3.65. The van der Waals surface area contributed by atoms with Crippen molar-refractivity contribution in [2.75, 3.05) is 5.32 Å². The highest BCUT2D eigenvalue weighted by Crippen LogP contribution is 2.21. The molecule has 0 fully saturated rings. The van der Waals surface area contributed by atoms with Crippen molar-refractivity contribution < 1.29 is 14.3 Å². The molecule has 1 atom stereocenters. The molecule has 17 heavy (non-hydrogen) atoms. The van der Waals surface area contributed by atoms with Crippen LogP contribution in [0.2, 0.25) is 0 Å². The average Bonchev–Trinajstić information content (AvgIpc) is 2.40. The van der Waals surface area contributed by atoms with Crippen LogP contribution in [-0.2, 0) is 20.9 Å². The van der Waals surface area contributed by atoms with E-state index in [0.717, 1.165) is 14.8 Å². The summed E-state index contributed by atoms with van der Waals surface area (Å²) in [7, 11) is 0. The number of benzene rings is 1. The van der Waals surface area contributed by atoms with E-state index in [0.29, 0.717) is 6.54 Å². The van der Waals surface area contributed by atoms with Gasteiger partial charge in [-0.15, -0.1) is 0 Å². The third-order valence-corrected chi connectivity index (χ3v) is 3.00. The Labute approximate surface area is 112 Å². The van der Waals surface area contributed by atoms with Crippen LogP contribution in [0.15, 0.2) is 18.2 Å². The van der Waals surface area contributed by atoms with Gasteiger partial charge in [-0.2, -0.15) is 0 Å². The van der Waals surface area contributed by atoms with Crippen molar-refractivity contribution in [3.8, 4) is 0 Å². The summed E-state index contributed by atoms with van der Waals surface area (Å²) in [5, 5.41) is 5.61. The Hall–Kier alpha value is -1.31. The van der Waals surface area contributed by atoms with Gasteiger partial charge in [0.15, 0.2) is 0 Å². The van der Waals surface area contributed by atoms with Crippen LogP contribution in [0.3, 0.4) is 0 Å². The maximum atomic E-state index is 11.7. The summed E-state index contributed by atoms with van der Waals surface area (Å²) in [6, 6.07) is 5.76. The number of hydrogen-bond acceptors (Lipinski definition) is 4. The SMILES string of the molecule is CC(=O)OC1Nc2ccc(I)cc2CNC1=O. The zero-order chi connectivity index (χ0) is 12.4. The first-order valence-corrected chi connectivity index (χ1v) is 6.14. The van der Waals surface area contributed by atoms with E-state index >= 15 is 0 Å². The van der Waals surface area contributed by atoms with Gasteiger partial charge in [-0.1, -0.05) is 0 Å². The zero-order valence-corrected chi connectivity index (χ0v) is 11.3. The van der Waals surface area contributed by atoms with E-state index in [4.69, 9.17) is 4.74 Å². The largest absolute Gasteiger partial charge is 0.432 e. The van der Waals surface area contributed by atoms with E-state index in [2.05, 4.69) is 33.2 Å². The molecule has 2 N–H and O–H groups in total. The van der Waals surface area contributed by atoms with Crippen LogP contribution < -0.4 is 10.6 Å². The number of fused-ring (bicyclic) bond motifs is 1. The molecule has 1 amide bonds. The minimum Gasteiger partial charge on any atom is -0.432 e. The van der Waals surface area contributed by atoms with Crippen molar-refractivity contribution in [2.24, 2.45) is 0 Å². The Balaban J connectivity index is 2.27. The van der Waals surface area contributed by atoms with Crippen molar-refractivity contribution in [1.82, 2.24) is 5.32 Å². The number of hydrogen-bond donors (Lipinski definition) is 2. The van der Waals surface area contributed by atoms with Crippen LogP contribution in [0.4, 0.5) is 5.69 Å². The number of carbonyl (C=O) groups excluding carboxylic acids is 2. The predicted molar refractivity (Wildman–Crippen MR) is 70.2 cm³/mol. The standard InChI is InChI=1S/C11H11IN2O3/c1-6(15)17-11-10(16)13-5-7-4-8(12)2-3-9(7)14-11/h2-4,11,14H,5H2,1H3,(H,13,16). The van der Waals surface area contributed by atoms with E-state index < -0.39 is 12.2 Å². The van der Waals surface area contributed by atoms with Gasteiger partial charge < -0.3 is 15.4 Å². The van der Waals surface area contributed by atoms with Crippen molar-refractivity contribution in [3.63, 3.8) is 0 Å². The average molecular weight is 346 g/mol. The van der Waals surface area contributed by atoms with Crippen molar-refractivity contribution in [3.05, 3.63) is 27.3 Å². The lowest BCUT2D eigenvalue weighted by Crippen LogP contribution is -2.39. The lowest BCUT2D eigenvalue weighted by atomic mass is 10.2. The molecule has 1 heterocycles. The Kier molecular flexibility index (Phi) is 3.51. The molecule has 0 aromatic heterocycles. The lowest BCUT2D eigenvalue weighted by molar-refractivity contribution is -0.152. The molecule has 1 aliphatic heterocycles. The molecular formula is C11H11IN2O3. The molecule has 0 spiro atoms. The van der Waals surface area contributed by atoms with E-state index in [1.165, 1.54) is 6.92 Å². The summed E-state index contributed by atoms with van der Waals surface area (Å²) in [4.78, 5) is 22.5. The summed E-state index contributed by atoms with van der Waals surface area (Å²) in [5.41, 5.74) is 1.77. The molecule has 90 valence electrons. The van der Waals surface area contributed by atoms with Gasteiger partial charge in [-0.05, 0) is 46.4 Å². The van der Waals surface area contributed by atoms with Crippen LogP contribution in [0.1, 0.15) is 12.5 Å². The Morgan fingerprint density at radius 3 is 3.00 bits per heavy atom. The van der Waals surface area contributed by atoms with Gasteiger partial charge in [-0.25, -0.2) is 0 Å². The van der Waals surface area contributed by atoms with Crippen molar-refractivity contribution >= 4 is 40.2 Å². The molecule has 0 saturated carbocycles. The molecule has 0 saturated heterocycles. The fourth-order valence-corrected chi connectivity index (χ4v) is 2.14. The monoisotopic (exact) mass is 346 g/mol. The van der Waals surface area contributed by atoms with Gasteiger partial charge in [0.1, 0.15) is 0 Å². The van der Waals surface area contributed by atoms with E-state index in [9.17, 15) is 9.59 Å². The minimum absolute atomic E-state index is 0.341. The van der Waals surface area contributed by atoms with Gasteiger partial charge in [0.25, 0.3) is 12.1 Å². The molecule has 0 radical (unpaired) electrons. The highest BCUT2D eigenvalue weighted by molar-refractivity contribution is 14.1. The Bertz CT molecular complexity index is 476. The fraction of sp³-hybridized carbons (Fsp3) is 0.273. The number of rotatable bonds is 1. The summed E-state index contributed by atoms with van der Waals surface area (Å²) < 4.78 is 5.99. The first-order valence-electron chi connectivity index (χ1n) is 5.06. The van der Waals surface area contributed by atoms with Crippen LogP contribution >= 0.6 is 22.6 Å². The molecule has 1 aromatic carbocycles. The molecule has 2 rings (SSSR count). The van der Waals surface area contributed by atoms with Crippen molar-refractivity contribution in [1.29, 1.82) is 0 Å². The number of anilines is 1. The first kappa shape index (κ1) is 12.2. The quantitative estimate of drug-likeness (QED) is 0.593. The van der Waals surface area contributed by atoms with Gasteiger partial charge >= 0.3 is 5.97 Å². The highest BCUT2D eigenvalue weighted by Gasteiger charge is 2.25. The fourth-order valence-electron chi connectivity index (χ4n) is 1.58. The highest BCUT2D eigenvalue weighted by atomic mass is 127. The number of ether oxygens (including phenoxy) is 1. The topological polar surface area (TPSA) is 67.4 Å². The predicted octanol–water partition coefficient (Wildman–Crippen LogP) is 1.22. The summed E-state index contributed by atoms with van der Waals surface area (Å²) in [5.74, 6) is -0.835. The second-order valence-corrected chi connectivity index (χ2v) is 4.90. The summed E-state index contributed by atoms with van der Waals surface area (Å²) in [6.45, 7) is 1.70. The number of nitrogens with one attached hydrogen (secondary N) is 2. The van der Waals surface area contributed by atoms with Crippen molar-refractivity contribution in [2.45, 2.75) is 19.7 Å². The molecule has 5 nitrogen and oxygen atoms in total. The number of halogens is 1. The number of carbonyl (C=O) groups is 2. The Morgan fingerprint density at radius 2 is 2.29 bits per heavy atom. The number of amides is 1. The van der Waals surface area contributed by atoms with E-state index in [-0.39, 0.29) is 5.91 Å². The second kappa shape index (κ2) is 4.91. The Morgan fingerprint density at radius 1 is 1.53 bits per heavy atom. The van der Waals surface area contributed by atoms with Crippen LogP contribution in [-0.4, -0.2) is 18.1 Å². The van der Waals surface area contributed by atoms with Crippen LogP contribution in [0.25, 0.3) is 0 Å². The normalized spacial score (nSPS) is 18.5. The molecular weight excluding hydrogens is 335 g/mol. The van der Waals surface area contributed by atoms with Crippen LogP contribution in [0.5, 0.6) is 0 Å². The maximum Gasteiger partial charge on any atom is 0.304 e. The third-order valence-electron chi connectivity index (χ3n) is 2.33. The zero-order valence-electron chi connectivity index (χ0n) is 9.12. The third kappa shape index (κ3) is 2.87. The lowest BCUT2D eigenvalue weighted by Gasteiger charge is -2.15. The summed E-state index contributed by atoms with van der Waals surface area (Å²) >= 11 is 2.20. The van der Waals surface area contributed by atoms with Gasteiger partial charge in [0.2, 0.25) is 0 Å². The minimum atomic E-state index is -0.964. The first-order chi connectivity index (χ1) is 8.06. The molecule has 1 aliphatic rings. The molecule has 0 bridgehead atoms. The van der Waals surface area contributed by atoms with E-state index in [1.54, 1.807) is 0 Å². The molecule has 0 aliphatic carbocycles. The number of esters is 1. The molecule has 6 heteroatoms. The van der Waals surface area contributed by atoms with Crippen LogP contribution in [0, 0.1) is 3.57 Å². The molecule has 1 aromatic rings.